The molecule has 0 saturated carbocycles. The minimum absolute atomic E-state index is 0.860. The maximum atomic E-state index is 5.27. The van der Waals surface area contributed by atoms with Crippen LogP contribution in [-0.2, 0) is 0 Å². The highest BCUT2D eigenvalue weighted by Crippen LogP contribution is 2.52. The average Bonchev–Trinajstić information content (AvgIpc) is 3.76. The summed E-state index contributed by atoms with van der Waals surface area (Å²) in [5, 5.41) is 7.27. The van der Waals surface area contributed by atoms with Gasteiger partial charge in [-0.05, 0) is 88.8 Å². The van der Waals surface area contributed by atoms with Crippen LogP contribution in [-0.4, -0.2) is 19.1 Å². The van der Waals surface area contributed by atoms with Crippen LogP contribution in [0.15, 0.2) is 188 Å². The highest BCUT2D eigenvalue weighted by molar-refractivity contribution is 6.19. The molecule has 11 aromatic rings. The van der Waals surface area contributed by atoms with Crippen LogP contribution in [0.5, 0.6) is 0 Å². The van der Waals surface area contributed by atoms with Crippen LogP contribution in [0.1, 0.15) is 0 Å². The molecule has 256 valence electrons. The van der Waals surface area contributed by atoms with Gasteiger partial charge in [0.1, 0.15) is 11.6 Å². The van der Waals surface area contributed by atoms with E-state index in [1.54, 1.807) is 0 Å². The lowest BCUT2D eigenvalue weighted by molar-refractivity contribution is 1.08. The molecule has 0 bridgehead atoms. The summed E-state index contributed by atoms with van der Waals surface area (Å²) in [5.74, 6) is 1.74. The normalized spacial score (nSPS) is 12.3. The molecule has 0 spiro atoms. The minimum atomic E-state index is 0.860. The molecule has 5 heteroatoms. The number of hydrogen-bond donors (Lipinski definition) is 0. The molecule has 4 aromatic heterocycles. The summed E-state index contributed by atoms with van der Waals surface area (Å²) in [6.07, 6.45) is 3.89. The molecule has 1 aliphatic rings. The predicted octanol–water partition coefficient (Wildman–Crippen LogP) is 12.9. The molecule has 0 aliphatic carbocycles. The largest absolute Gasteiger partial charge is 0.308 e. The first-order chi connectivity index (χ1) is 27.3. The number of fused-ring (bicyclic) bond motifs is 8. The third-order valence-electron chi connectivity index (χ3n) is 11.3. The van der Waals surface area contributed by atoms with E-state index in [2.05, 4.69) is 184 Å². The van der Waals surface area contributed by atoms with E-state index in [9.17, 15) is 0 Å². The lowest BCUT2D eigenvalue weighted by Gasteiger charge is -2.33. The van der Waals surface area contributed by atoms with Crippen molar-refractivity contribution in [1.29, 1.82) is 0 Å². The van der Waals surface area contributed by atoms with Crippen molar-refractivity contribution in [2.24, 2.45) is 0 Å². The molecule has 1 aliphatic heterocycles. The molecule has 0 N–H and O–H groups in total. The molecule has 0 unspecified atom stereocenters. The fourth-order valence-corrected chi connectivity index (χ4v) is 8.95. The Morgan fingerprint density at radius 3 is 1.87 bits per heavy atom. The first kappa shape index (κ1) is 30.0. The Labute approximate surface area is 316 Å². The zero-order valence-corrected chi connectivity index (χ0v) is 29.6. The van der Waals surface area contributed by atoms with Gasteiger partial charge < -0.3 is 4.57 Å². The van der Waals surface area contributed by atoms with Crippen molar-refractivity contribution in [2.75, 3.05) is 4.90 Å². The van der Waals surface area contributed by atoms with Crippen molar-refractivity contribution in [3.8, 4) is 33.8 Å². The Hall–Kier alpha value is -7.50. The van der Waals surface area contributed by atoms with Crippen LogP contribution in [0.3, 0.4) is 0 Å². The van der Waals surface area contributed by atoms with Crippen LogP contribution in [0.2, 0.25) is 0 Å². The quantitative estimate of drug-likeness (QED) is 0.183. The number of para-hydroxylation sites is 2. The van der Waals surface area contributed by atoms with E-state index < -0.39 is 0 Å². The summed E-state index contributed by atoms with van der Waals surface area (Å²) in [6, 6.07) is 63.1. The molecule has 0 radical (unpaired) electrons. The van der Waals surface area contributed by atoms with Crippen LogP contribution in [0.25, 0.3) is 88.1 Å². The van der Waals surface area contributed by atoms with Crippen molar-refractivity contribution in [3.05, 3.63) is 188 Å². The first-order valence-electron chi connectivity index (χ1n) is 18.7. The number of rotatable bonds is 4. The number of hydrogen-bond acceptors (Lipinski definition) is 3. The van der Waals surface area contributed by atoms with Crippen molar-refractivity contribution in [3.63, 3.8) is 0 Å². The molecule has 0 fully saturated rings. The predicted molar refractivity (Wildman–Crippen MR) is 227 cm³/mol. The first-order valence-corrected chi connectivity index (χ1v) is 18.7. The second-order valence-corrected chi connectivity index (χ2v) is 14.3. The van der Waals surface area contributed by atoms with Gasteiger partial charge in [0.15, 0.2) is 0 Å². The van der Waals surface area contributed by atoms with Gasteiger partial charge in [0.25, 0.3) is 0 Å². The van der Waals surface area contributed by atoms with E-state index in [0.29, 0.717) is 0 Å². The zero-order valence-electron chi connectivity index (χ0n) is 29.6. The van der Waals surface area contributed by atoms with Gasteiger partial charge in [0.05, 0.1) is 45.3 Å². The van der Waals surface area contributed by atoms with Gasteiger partial charge in [-0.1, -0.05) is 109 Å². The molecule has 12 rings (SSSR count). The Balaban J connectivity index is 1.12. The fourth-order valence-electron chi connectivity index (χ4n) is 8.95. The van der Waals surface area contributed by atoms with Gasteiger partial charge in [-0.25, -0.2) is 9.97 Å². The molecule has 5 heterocycles. The summed E-state index contributed by atoms with van der Waals surface area (Å²) in [7, 11) is 0. The summed E-state index contributed by atoms with van der Waals surface area (Å²) in [4.78, 5) is 12.5. The smallest absolute Gasteiger partial charge is 0.137 e. The summed E-state index contributed by atoms with van der Waals surface area (Å²) >= 11 is 0. The molecule has 55 heavy (non-hydrogen) atoms. The number of pyridine rings is 2. The Bertz CT molecular complexity index is 3250. The van der Waals surface area contributed by atoms with Crippen molar-refractivity contribution < 1.29 is 0 Å². The molecule has 5 nitrogen and oxygen atoms in total. The lowest BCUT2D eigenvalue weighted by atomic mass is 9.90. The number of benzene rings is 7. The van der Waals surface area contributed by atoms with Gasteiger partial charge in [-0.3, -0.25) is 9.47 Å². The second-order valence-electron chi connectivity index (χ2n) is 14.3. The lowest BCUT2D eigenvalue weighted by Crippen LogP contribution is -2.16. The third-order valence-corrected chi connectivity index (χ3v) is 11.3. The Morgan fingerprint density at radius 1 is 0.382 bits per heavy atom. The second kappa shape index (κ2) is 11.5. The van der Waals surface area contributed by atoms with Gasteiger partial charge in [-0.15, -0.1) is 0 Å². The van der Waals surface area contributed by atoms with Crippen molar-refractivity contribution in [1.82, 2.24) is 19.1 Å². The molecular weight excluding hydrogens is 671 g/mol. The Morgan fingerprint density at radius 2 is 1.11 bits per heavy atom. The summed E-state index contributed by atoms with van der Waals surface area (Å²) in [5.41, 5.74) is 12.5. The average molecular weight is 702 g/mol. The van der Waals surface area contributed by atoms with E-state index >= 15 is 0 Å². The van der Waals surface area contributed by atoms with E-state index in [0.717, 1.165) is 39.7 Å². The van der Waals surface area contributed by atoms with Crippen LogP contribution < -0.4 is 4.90 Å². The zero-order chi connectivity index (χ0) is 36.0. The summed E-state index contributed by atoms with van der Waals surface area (Å²) < 4.78 is 4.62. The maximum absolute atomic E-state index is 5.27. The molecular formula is C50H31N5. The van der Waals surface area contributed by atoms with Gasteiger partial charge in [0, 0.05) is 38.7 Å². The van der Waals surface area contributed by atoms with E-state index in [1.807, 2.05) is 18.5 Å². The SMILES string of the molecule is c1ccc(-c2ccc3c(c2)c2cc4c(cc2n3-c2ccccn2)N(c2ccc(-n3c5ccccc5c5ccccc53)cn2)c2cccc3cccc-4c23)cc1. The maximum Gasteiger partial charge on any atom is 0.137 e. The topological polar surface area (TPSA) is 38.9 Å². The standard InChI is InChI=1S/C50H31N5/c1-2-12-32(13-3-1)34-23-25-44-39(28-34)41-29-40-38-18-10-14-33-15-11-21-45(50(33)38)55(46(40)30-47(41)54(44)48-22-8-9-27-51-48)49-26-24-35(31-52-49)53-42-19-6-4-16-36(42)37-17-5-7-20-43(37)53/h1-31H. The fraction of sp³-hybridized carbons (Fsp3) is 0. The molecule has 7 aromatic carbocycles. The van der Waals surface area contributed by atoms with Gasteiger partial charge >= 0.3 is 0 Å². The van der Waals surface area contributed by atoms with Crippen molar-refractivity contribution >= 4 is 71.6 Å². The highest BCUT2D eigenvalue weighted by Gasteiger charge is 2.29. The number of aromatic nitrogens is 4. The van der Waals surface area contributed by atoms with E-state index in [1.165, 1.54) is 65.6 Å². The van der Waals surface area contributed by atoms with E-state index in [4.69, 9.17) is 9.97 Å². The van der Waals surface area contributed by atoms with Crippen LogP contribution in [0.4, 0.5) is 17.2 Å². The monoisotopic (exact) mass is 701 g/mol. The minimum Gasteiger partial charge on any atom is -0.308 e. The molecule has 0 saturated heterocycles. The van der Waals surface area contributed by atoms with Crippen LogP contribution in [0, 0.1) is 0 Å². The third kappa shape index (κ3) is 4.35. The molecule has 0 atom stereocenters. The van der Waals surface area contributed by atoms with Gasteiger partial charge in [-0.2, -0.15) is 0 Å². The van der Waals surface area contributed by atoms with E-state index in [-0.39, 0.29) is 0 Å². The van der Waals surface area contributed by atoms with Crippen molar-refractivity contribution in [2.45, 2.75) is 0 Å². The van der Waals surface area contributed by atoms with Gasteiger partial charge in [0.2, 0.25) is 0 Å². The highest BCUT2D eigenvalue weighted by atomic mass is 15.2. The molecule has 0 amide bonds. The summed E-state index contributed by atoms with van der Waals surface area (Å²) in [6.45, 7) is 0. The number of nitrogens with zero attached hydrogens (tertiary/aromatic N) is 5. The number of anilines is 3. The van der Waals surface area contributed by atoms with Crippen LogP contribution >= 0.6 is 0 Å². The Kier molecular flexibility index (Phi) is 6.27.